The second kappa shape index (κ2) is 12.0. The van der Waals surface area contributed by atoms with Crippen molar-refractivity contribution in [1.82, 2.24) is 24.6 Å². The lowest BCUT2D eigenvalue weighted by molar-refractivity contribution is -0.0631. The van der Waals surface area contributed by atoms with Crippen LogP contribution in [0.4, 0.5) is 5.82 Å². The Labute approximate surface area is 220 Å². The van der Waals surface area contributed by atoms with Gasteiger partial charge in [0.25, 0.3) is 0 Å². The van der Waals surface area contributed by atoms with Crippen LogP contribution in [0.25, 0.3) is 11.2 Å². The molecule has 4 aromatic rings. The summed E-state index contributed by atoms with van der Waals surface area (Å²) in [6, 6.07) is 18.5. The summed E-state index contributed by atoms with van der Waals surface area (Å²) < 4.78 is 39.8. The Morgan fingerprint density at radius 1 is 1.08 bits per heavy atom. The molecule has 3 heterocycles. The summed E-state index contributed by atoms with van der Waals surface area (Å²) in [5.74, 6) is 0.784. The largest absolute Gasteiger partial charge is 0.431 e. The molecule has 0 radical (unpaired) electrons. The van der Waals surface area contributed by atoms with E-state index in [2.05, 4.69) is 20.0 Å². The van der Waals surface area contributed by atoms with E-state index in [0.29, 0.717) is 48.9 Å². The topological polar surface area (TPSA) is 136 Å². The van der Waals surface area contributed by atoms with Gasteiger partial charge in [0.1, 0.15) is 23.9 Å². The molecule has 1 aliphatic heterocycles. The summed E-state index contributed by atoms with van der Waals surface area (Å²) in [4.78, 5) is 12.6. The lowest BCUT2D eigenvalue weighted by Crippen LogP contribution is -2.42. The highest BCUT2D eigenvalue weighted by molar-refractivity contribution is 7.57. The molecule has 0 amide bonds. The highest BCUT2D eigenvalue weighted by atomic mass is 31.2. The first-order valence-electron chi connectivity index (χ1n) is 12.4. The molecule has 38 heavy (non-hydrogen) atoms. The maximum atomic E-state index is 14.3. The van der Waals surface area contributed by atoms with Crippen molar-refractivity contribution in [3.05, 3.63) is 78.9 Å². The molecule has 5 rings (SSSR count). The molecule has 1 unspecified atom stereocenters. The average molecular weight is 539 g/mol. The molecule has 0 saturated carbocycles. The Morgan fingerprint density at radius 3 is 2.53 bits per heavy atom. The molecule has 1 aliphatic rings. The van der Waals surface area contributed by atoms with E-state index in [1.165, 1.54) is 6.33 Å². The molecule has 200 valence electrons. The van der Waals surface area contributed by atoms with Gasteiger partial charge in [0.15, 0.2) is 17.8 Å². The van der Waals surface area contributed by atoms with Crippen LogP contribution in [0.2, 0.25) is 0 Å². The van der Waals surface area contributed by atoms with Gasteiger partial charge in [-0.25, -0.2) is 20.0 Å². The second-order valence-corrected chi connectivity index (χ2v) is 11.1. The summed E-state index contributed by atoms with van der Waals surface area (Å²) >= 11 is 0. The molecule has 3 atom stereocenters. The van der Waals surface area contributed by atoms with Crippen molar-refractivity contribution >= 4 is 24.5 Å². The first kappa shape index (κ1) is 26.3. The van der Waals surface area contributed by atoms with Crippen molar-refractivity contribution in [3.8, 4) is 5.75 Å². The third-order valence-electron chi connectivity index (χ3n) is 6.05. The van der Waals surface area contributed by atoms with Crippen molar-refractivity contribution < 1.29 is 23.3 Å². The molecule has 0 aliphatic carbocycles. The molecular weight excluding hydrogens is 507 g/mol. The van der Waals surface area contributed by atoms with Crippen LogP contribution in [0.15, 0.2) is 73.3 Å². The third-order valence-corrected chi connectivity index (χ3v) is 7.77. The van der Waals surface area contributed by atoms with Crippen LogP contribution < -0.4 is 15.3 Å². The zero-order chi connectivity index (χ0) is 26.4. The summed E-state index contributed by atoms with van der Waals surface area (Å²) in [7, 11) is -3.59. The number of ether oxygens (including phenoxy) is 3. The van der Waals surface area contributed by atoms with Crippen molar-refractivity contribution in [2.24, 2.45) is 0 Å². The van der Waals surface area contributed by atoms with Crippen molar-refractivity contribution in [2.75, 3.05) is 25.3 Å². The van der Waals surface area contributed by atoms with Gasteiger partial charge in [-0.2, -0.15) is 0 Å². The fraction of sp³-hybridized carbons (Fsp3) is 0.346. The number of para-hydroxylation sites is 1. The highest BCUT2D eigenvalue weighted by Gasteiger charge is 2.36. The maximum Gasteiger partial charge on any atom is 0.342 e. The van der Waals surface area contributed by atoms with Crippen LogP contribution in [0.1, 0.15) is 12.5 Å². The maximum absolute atomic E-state index is 14.3. The van der Waals surface area contributed by atoms with E-state index >= 15 is 0 Å². The number of aromatic nitrogens is 4. The minimum absolute atomic E-state index is 0.176. The van der Waals surface area contributed by atoms with Gasteiger partial charge < -0.3 is 29.0 Å². The number of nitrogens with two attached hydrogens (primary N) is 1. The number of nitrogen functional groups attached to an aromatic ring is 1. The van der Waals surface area contributed by atoms with Crippen LogP contribution in [0.3, 0.4) is 0 Å². The van der Waals surface area contributed by atoms with Gasteiger partial charge in [-0.1, -0.05) is 48.5 Å². The lowest BCUT2D eigenvalue weighted by Gasteiger charge is -2.29. The number of rotatable bonds is 12. The minimum Gasteiger partial charge on any atom is -0.431 e. The molecule has 12 heteroatoms. The van der Waals surface area contributed by atoms with Gasteiger partial charge >= 0.3 is 7.52 Å². The number of benzene rings is 2. The molecular formula is C26H31N6O5P. The molecule has 2 aromatic heterocycles. The molecule has 11 nitrogen and oxygen atoms in total. The van der Waals surface area contributed by atoms with Gasteiger partial charge in [0, 0.05) is 0 Å². The summed E-state index contributed by atoms with van der Waals surface area (Å²) in [5.41, 5.74) is 8.09. The molecule has 1 saturated heterocycles. The number of nitrogens with zero attached hydrogens (tertiary/aromatic N) is 4. The van der Waals surface area contributed by atoms with E-state index in [4.69, 9.17) is 24.5 Å². The third kappa shape index (κ3) is 6.56. The highest BCUT2D eigenvalue weighted by Crippen LogP contribution is 2.45. The molecule has 0 bridgehead atoms. The predicted molar refractivity (Wildman–Crippen MR) is 143 cm³/mol. The van der Waals surface area contributed by atoms with Crippen LogP contribution in [-0.4, -0.2) is 57.5 Å². The van der Waals surface area contributed by atoms with Crippen LogP contribution in [0, 0.1) is 0 Å². The number of nitrogens with one attached hydrogen (secondary N) is 1. The van der Waals surface area contributed by atoms with Crippen LogP contribution >= 0.6 is 7.52 Å². The second-order valence-electron chi connectivity index (χ2n) is 9.05. The Bertz CT molecular complexity index is 1370. The zero-order valence-corrected chi connectivity index (χ0v) is 21.9. The zero-order valence-electron chi connectivity index (χ0n) is 21.1. The minimum atomic E-state index is -3.59. The van der Waals surface area contributed by atoms with Gasteiger partial charge in [0.2, 0.25) is 0 Å². The molecule has 0 spiro atoms. The Kier molecular flexibility index (Phi) is 8.31. The van der Waals surface area contributed by atoms with Crippen LogP contribution in [-0.2, 0) is 31.7 Å². The van der Waals surface area contributed by atoms with E-state index in [1.807, 2.05) is 60.0 Å². The van der Waals surface area contributed by atoms with E-state index in [0.717, 1.165) is 5.56 Å². The fourth-order valence-electron chi connectivity index (χ4n) is 4.26. The molecule has 3 N–H and O–H groups in total. The van der Waals surface area contributed by atoms with Gasteiger partial charge in [-0.05, 0) is 31.0 Å². The number of fused-ring (bicyclic) bond motifs is 1. The first-order chi connectivity index (χ1) is 18.5. The fourth-order valence-corrected chi connectivity index (χ4v) is 6.07. The van der Waals surface area contributed by atoms with Crippen LogP contribution in [0.5, 0.6) is 5.75 Å². The van der Waals surface area contributed by atoms with E-state index in [1.54, 1.807) is 18.5 Å². The van der Waals surface area contributed by atoms with E-state index < -0.39 is 19.9 Å². The number of hydrogen-bond acceptors (Lipinski definition) is 9. The van der Waals surface area contributed by atoms with Crippen molar-refractivity contribution in [3.63, 3.8) is 0 Å². The summed E-state index contributed by atoms with van der Waals surface area (Å²) in [6.45, 7) is 3.25. The number of hydrogen-bond donors (Lipinski definition) is 2. The van der Waals surface area contributed by atoms with Gasteiger partial charge in [0.05, 0.1) is 38.2 Å². The van der Waals surface area contributed by atoms with Gasteiger partial charge in [-0.3, -0.25) is 4.57 Å². The monoisotopic (exact) mass is 538 g/mol. The summed E-state index contributed by atoms with van der Waals surface area (Å²) in [6.07, 6.45) is 2.48. The lowest BCUT2D eigenvalue weighted by atomic mass is 10.1. The predicted octanol–water partition coefficient (Wildman–Crippen LogP) is 3.62. The molecule has 2 aromatic carbocycles. The number of anilines is 1. The Hall–Kier alpha value is -3.34. The standard InChI is InChI=1S/C26H31N6O5P/c1-19(15-32-17-30-23-24(27)28-16-29-25(23)32)36-18-38(33,37-21-10-6-3-7-11-21)31-22(26-34-12-13-35-26)14-20-8-4-2-5-9-20/h2-11,16-17,19,22,26H,12-15,18H2,1H3,(H,31,33)(H2,27,28,29)/t19-,22+,38?/m1/s1. The van der Waals surface area contributed by atoms with E-state index in [9.17, 15) is 4.57 Å². The normalized spacial score (nSPS) is 17.3. The van der Waals surface area contributed by atoms with Crippen molar-refractivity contribution in [2.45, 2.75) is 38.3 Å². The average Bonchev–Trinajstić information content (AvgIpc) is 3.60. The molecule has 1 fully saturated rings. The van der Waals surface area contributed by atoms with Crippen molar-refractivity contribution in [1.29, 1.82) is 0 Å². The Morgan fingerprint density at radius 2 is 1.79 bits per heavy atom. The SMILES string of the molecule is C[C@H](Cn1cnc2c(N)ncnc21)OCP(=O)(N[C@@H](Cc1ccccc1)C1OCCO1)Oc1ccccc1. The van der Waals surface area contributed by atoms with E-state index in [-0.39, 0.29) is 12.5 Å². The Balaban J connectivity index is 1.33. The first-order valence-corrected chi connectivity index (χ1v) is 14.2. The quantitative estimate of drug-likeness (QED) is 0.258. The number of imidazole rings is 1. The van der Waals surface area contributed by atoms with Gasteiger partial charge in [-0.15, -0.1) is 0 Å². The summed E-state index contributed by atoms with van der Waals surface area (Å²) in [5, 5.41) is 3.22. The smallest absolute Gasteiger partial charge is 0.342 e.